The molecule has 1 heterocycles. The molecule has 0 aromatic carbocycles. The summed E-state index contributed by atoms with van der Waals surface area (Å²) in [6.07, 6.45) is 4.12. The predicted molar refractivity (Wildman–Crippen MR) is 58.5 cm³/mol. The van der Waals surface area contributed by atoms with Crippen molar-refractivity contribution in [2.45, 2.75) is 38.3 Å². The van der Waals surface area contributed by atoms with Crippen LogP contribution in [0.4, 0.5) is 0 Å². The van der Waals surface area contributed by atoms with E-state index in [1.54, 1.807) is 6.26 Å². The van der Waals surface area contributed by atoms with Gasteiger partial charge in [0.1, 0.15) is 5.76 Å². The Morgan fingerprint density at radius 3 is 2.87 bits per heavy atom. The average molecular weight is 209 g/mol. The van der Waals surface area contributed by atoms with E-state index >= 15 is 0 Å². The fourth-order valence-electron chi connectivity index (χ4n) is 2.12. The van der Waals surface area contributed by atoms with Crippen molar-refractivity contribution in [3.63, 3.8) is 0 Å². The van der Waals surface area contributed by atoms with Gasteiger partial charge in [-0.15, -0.1) is 0 Å². The van der Waals surface area contributed by atoms with Crippen LogP contribution in [0.25, 0.3) is 0 Å². The molecule has 0 unspecified atom stereocenters. The second kappa shape index (κ2) is 3.99. The van der Waals surface area contributed by atoms with Crippen molar-refractivity contribution in [3.8, 4) is 0 Å². The number of hydrogen-bond acceptors (Lipinski definition) is 3. The van der Waals surface area contributed by atoms with Gasteiger partial charge in [-0.2, -0.15) is 0 Å². The zero-order valence-electron chi connectivity index (χ0n) is 9.36. The highest BCUT2D eigenvalue weighted by atomic mass is 16.3. The number of rotatable bonds is 5. The third-order valence-electron chi connectivity index (χ3n) is 3.32. The Bertz CT molecular complexity index is 305. The summed E-state index contributed by atoms with van der Waals surface area (Å²) >= 11 is 0. The van der Waals surface area contributed by atoms with Crippen molar-refractivity contribution in [1.82, 2.24) is 5.32 Å². The molecule has 0 bridgehead atoms. The quantitative estimate of drug-likeness (QED) is 0.780. The van der Waals surface area contributed by atoms with Crippen molar-refractivity contribution < 1.29 is 9.52 Å². The monoisotopic (exact) mass is 209 g/mol. The van der Waals surface area contributed by atoms with Gasteiger partial charge in [0, 0.05) is 5.54 Å². The van der Waals surface area contributed by atoms with Gasteiger partial charge in [0.15, 0.2) is 0 Å². The van der Waals surface area contributed by atoms with Crippen molar-refractivity contribution in [1.29, 1.82) is 0 Å². The van der Waals surface area contributed by atoms with E-state index in [9.17, 15) is 5.11 Å². The lowest BCUT2D eigenvalue weighted by atomic mass is 9.95. The second-order valence-electron chi connectivity index (χ2n) is 4.73. The molecule has 3 heteroatoms. The molecule has 15 heavy (non-hydrogen) atoms. The first-order valence-corrected chi connectivity index (χ1v) is 5.57. The molecule has 1 fully saturated rings. The summed E-state index contributed by atoms with van der Waals surface area (Å²) in [6, 6.07) is 4.00. The van der Waals surface area contributed by atoms with Crippen LogP contribution in [0.3, 0.4) is 0 Å². The first-order chi connectivity index (χ1) is 7.15. The van der Waals surface area contributed by atoms with Crippen LogP contribution in [0.15, 0.2) is 22.8 Å². The highest BCUT2D eigenvalue weighted by Crippen LogP contribution is 2.40. The molecular formula is C12H19NO2. The summed E-state index contributed by atoms with van der Waals surface area (Å²) in [5.74, 6) is 1.54. The summed E-state index contributed by atoms with van der Waals surface area (Å²) < 4.78 is 5.34. The van der Waals surface area contributed by atoms with E-state index in [4.69, 9.17) is 4.42 Å². The molecule has 0 saturated heterocycles. The number of hydrogen-bond donors (Lipinski definition) is 2. The van der Waals surface area contributed by atoms with Crippen LogP contribution < -0.4 is 5.32 Å². The molecule has 84 valence electrons. The maximum Gasteiger partial charge on any atom is 0.120 e. The average Bonchev–Trinajstić information content (AvgIpc) is 2.94. The maximum atomic E-state index is 9.45. The fourth-order valence-corrected chi connectivity index (χ4v) is 2.12. The molecule has 0 aliphatic heterocycles. The van der Waals surface area contributed by atoms with Crippen LogP contribution in [-0.4, -0.2) is 17.3 Å². The topological polar surface area (TPSA) is 45.4 Å². The van der Waals surface area contributed by atoms with Gasteiger partial charge in [-0.05, 0) is 44.7 Å². The van der Waals surface area contributed by atoms with Crippen molar-refractivity contribution >= 4 is 0 Å². The molecule has 1 aliphatic carbocycles. The molecule has 1 aromatic heterocycles. The van der Waals surface area contributed by atoms with E-state index < -0.39 is 0 Å². The van der Waals surface area contributed by atoms with Gasteiger partial charge in [0.25, 0.3) is 0 Å². The number of furan rings is 1. The zero-order valence-corrected chi connectivity index (χ0v) is 9.36. The molecule has 3 nitrogen and oxygen atoms in total. The minimum absolute atomic E-state index is 0.151. The standard InChI is InChI=1S/C12H19NO2/c1-9(11-4-3-7-15-11)13-12(2,8-14)10-5-6-10/h3-4,7,9-10,13-14H,5-6,8H2,1-2H3/t9-,12-/m1/s1. The highest BCUT2D eigenvalue weighted by molar-refractivity contribution is 5.07. The Labute approximate surface area is 90.5 Å². The zero-order chi connectivity index (χ0) is 10.9. The van der Waals surface area contributed by atoms with E-state index in [2.05, 4.69) is 19.2 Å². The van der Waals surface area contributed by atoms with Gasteiger partial charge in [0.05, 0.1) is 18.9 Å². The largest absolute Gasteiger partial charge is 0.468 e. The van der Waals surface area contributed by atoms with E-state index in [1.807, 2.05) is 12.1 Å². The Balaban J connectivity index is 2.00. The van der Waals surface area contributed by atoms with Gasteiger partial charge in [0.2, 0.25) is 0 Å². The fraction of sp³-hybridized carbons (Fsp3) is 0.667. The van der Waals surface area contributed by atoms with Crippen LogP contribution in [0.5, 0.6) is 0 Å². The Morgan fingerprint density at radius 1 is 1.67 bits per heavy atom. The SMILES string of the molecule is C[C@@H](N[C@](C)(CO)C1CC1)c1ccco1. The van der Waals surface area contributed by atoms with Crippen LogP contribution in [0, 0.1) is 5.92 Å². The summed E-state index contributed by atoms with van der Waals surface area (Å²) in [5, 5.41) is 12.9. The van der Waals surface area contributed by atoms with Gasteiger partial charge >= 0.3 is 0 Å². The van der Waals surface area contributed by atoms with E-state index in [0.29, 0.717) is 5.92 Å². The van der Waals surface area contributed by atoms with Crippen LogP contribution in [0.1, 0.15) is 38.5 Å². The number of aliphatic hydroxyl groups is 1. The van der Waals surface area contributed by atoms with E-state index in [-0.39, 0.29) is 18.2 Å². The second-order valence-corrected chi connectivity index (χ2v) is 4.73. The molecule has 1 saturated carbocycles. The molecule has 1 aliphatic rings. The summed E-state index contributed by atoms with van der Waals surface area (Å²) in [6.45, 7) is 4.34. The Morgan fingerprint density at radius 2 is 2.40 bits per heavy atom. The lowest BCUT2D eigenvalue weighted by molar-refractivity contribution is 0.140. The first kappa shape index (κ1) is 10.7. The summed E-state index contributed by atoms with van der Waals surface area (Å²) in [7, 11) is 0. The molecule has 0 amide bonds. The smallest absolute Gasteiger partial charge is 0.120 e. The van der Waals surface area contributed by atoms with Gasteiger partial charge in [-0.3, -0.25) is 5.32 Å². The number of nitrogens with one attached hydrogen (secondary N) is 1. The predicted octanol–water partition coefficient (Wildman–Crippen LogP) is 2.09. The molecule has 0 spiro atoms. The van der Waals surface area contributed by atoms with Gasteiger partial charge in [-0.1, -0.05) is 0 Å². The minimum atomic E-state index is -0.161. The maximum absolute atomic E-state index is 9.45. The van der Waals surface area contributed by atoms with E-state index in [1.165, 1.54) is 12.8 Å². The lowest BCUT2D eigenvalue weighted by Crippen LogP contribution is -2.48. The number of aliphatic hydroxyl groups excluding tert-OH is 1. The molecule has 0 radical (unpaired) electrons. The van der Waals surface area contributed by atoms with Crippen molar-refractivity contribution in [2.24, 2.45) is 5.92 Å². The van der Waals surface area contributed by atoms with Gasteiger partial charge < -0.3 is 9.52 Å². The molecule has 1 aromatic rings. The Kier molecular flexibility index (Phi) is 2.85. The molecule has 2 N–H and O–H groups in total. The molecule has 2 atom stereocenters. The Hall–Kier alpha value is -0.800. The molecular weight excluding hydrogens is 190 g/mol. The van der Waals surface area contributed by atoms with E-state index in [0.717, 1.165) is 5.76 Å². The van der Waals surface area contributed by atoms with Gasteiger partial charge in [-0.25, -0.2) is 0 Å². The lowest BCUT2D eigenvalue weighted by Gasteiger charge is -2.31. The first-order valence-electron chi connectivity index (χ1n) is 5.57. The normalized spacial score (nSPS) is 22.3. The van der Waals surface area contributed by atoms with Crippen LogP contribution >= 0.6 is 0 Å². The highest BCUT2D eigenvalue weighted by Gasteiger charge is 2.41. The van der Waals surface area contributed by atoms with Crippen molar-refractivity contribution in [2.75, 3.05) is 6.61 Å². The third kappa shape index (κ3) is 2.24. The summed E-state index contributed by atoms with van der Waals surface area (Å²) in [4.78, 5) is 0. The minimum Gasteiger partial charge on any atom is -0.468 e. The summed E-state index contributed by atoms with van der Waals surface area (Å²) in [5.41, 5.74) is -0.161. The van der Waals surface area contributed by atoms with Crippen LogP contribution in [-0.2, 0) is 0 Å². The van der Waals surface area contributed by atoms with Crippen LogP contribution in [0.2, 0.25) is 0 Å². The third-order valence-corrected chi connectivity index (χ3v) is 3.32. The molecule has 2 rings (SSSR count). The van der Waals surface area contributed by atoms with Crippen molar-refractivity contribution in [3.05, 3.63) is 24.2 Å².